The van der Waals surface area contributed by atoms with E-state index < -0.39 is 0 Å². The van der Waals surface area contributed by atoms with Crippen LogP contribution in [0.15, 0.2) is 24.3 Å². The molecular weight excluding hydrogens is 340 g/mol. The highest BCUT2D eigenvalue weighted by molar-refractivity contribution is 6.30. The molecule has 0 heterocycles. The lowest BCUT2D eigenvalue weighted by Crippen LogP contribution is -2.08. The van der Waals surface area contributed by atoms with Crippen molar-refractivity contribution >= 4 is 23.5 Å². The van der Waals surface area contributed by atoms with Crippen molar-refractivity contribution in [3.63, 3.8) is 0 Å². The van der Waals surface area contributed by atoms with Crippen LogP contribution in [0.25, 0.3) is 0 Å². The van der Waals surface area contributed by atoms with Gasteiger partial charge < -0.3 is 9.47 Å². The smallest absolute Gasteiger partial charge is 0.306 e. The van der Waals surface area contributed by atoms with Crippen LogP contribution in [-0.2, 0) is 25.7 Å². The molecule has 0 amide bonds. The van der Waals surface area contributed by atoms with E-state index in [4.69, 9.17) is 21.1 Å². The minimum atomic E-state index is -0.307. The van der Waals surface area contributed by atoms with E-state index in [0.717, 1.165) is 18.4 Å². The second kappa shape index (κ2) is 13.7. The van der Waals surface area contributed by atoms with Gasteiger partial charge in [0.15, 0.2) is 0 Å². The molecule has 0 spiro atoms. The first-order valence-electron chi connectivity index (χ1n) is 9.17. The van der Waals surface area contributed by atoms with Crippen LogP contribution in [0.5, 0.6) is 0 Å². The maximum absolute atomic E-state index is 11.6. The van der Waals surface area contributed by atoms with Crippen molar-refractivity contribution < 1.29 is 19.1 Å². The molecular formula is C20H29ClO4. The van der Waals surface area contributed by atoms with Gasteiger partial charge in [-0.3, -0.25) is 9.59 Å². The molecule has 140 valence electrons. The molecule has 0 aliphatic rings. The molecule has 0 aromatic heterocycles. The number of esters is 2. The number of carbonyl (C=O) groups excluding carboxylic acids is 2. The number of hydrogen-bond acceptors (Lipinski definition) is 4. The molecule has 1 rings (SSSR count). The quantitative estimate of drug-likeness (QED) is 0.343. The van der Waals surface area contributed by atoms with Gasteiger partial charge in [0.2, 0.25) is 0 Å². The zero-order chi connectivity index (χ0) is 18.3. The van der Waals surface area contributed by atoms with Crippen LogP contribution >= 0.6 is 11.6 Å². The highest BCUT2D eigenvalue weighted by Crippen LogP contribution is 2.11. The Balaban J connectivity index is 1.99. The second-order valence-electron chi connectivity index (χ2n) is 6.13. The zero-order valence-corrected chi connectivity index (χ0v) is 15.9. The van der Waals surface area contributed by atoms with Crippen LogP contribution in [0.2, 0.25) is 5.02 Å². The summed E-state index contributed by atoms with van der Waals surface area (Å²) in [6.07, 6.45) is 7.90. The Morgan fingerprint density at radius 3 is 2.12 bits per heavy atom. The van der Waals surface area contributed by atoms with Crippen LogP contribution < -0.4 is 0 Å². The second-order valence-corrected chi connectivity index (χ2v) is 6.57. The number of unbranched alkanes of at least 4 members (excludes halogenated alkanes) is 5. The van der Waals surface area contributed by atoms with Gasteiger partial charge in [0.25, 0.3) is 0 Å². The Bertz CT molecular complexity index is 499. The molecule has 0 aliphatic carbocycles. The fraction of sp³-hybridized carbons (Fsp3) is 0.600. The summed E-state index contributed by atoms with van der Waals surface area (Å²) in [5.74, 6) is -0.544. The zero-order valence-electron chi connectivity index (χ0n) is 15.1. The molecule has 1 aromatic carbocycles. The summed E-state index contributed by atoms with van der Waals surface area (Å²) in [5, 5.41) is 0.648. The van der Waals surface area contributed by atoms with Gasteiger partial charge in [0, 0.05) is 17.9 Å². The Morgan fingerprint density at radius 1 is 0.840 bits per heavy atom. The average molecular weight is 369 g/mol. The van der Waals surface area contributed by atoms with Gasteiger partial charge in [0.05, 0.1) is 6.61 Å². The van der Waals surface area contributed by atoms with Crippen molar-refractivity contribution in [2.45, 2.75) is 71.3 Å². The standard InChI is InChI=1S/C20H29ClO4/c1-2-3-4-5-6-7-15-24-19(22)9-8-10-20(23)25-16-17-11-13-18(21)14-12-17/h11-14H,2-10,15-16H2,1H3. The lowest BCUT2D eigenvalue weighted by Gasteiger charge is -2.06. The average Bonchev–Trinajstić information content (AvgIpc) is 2.60. The summed E-state index contributed by atoms with van der Waals surface area (Å²) in [7, 11) is 0. The normalized spacial score (nSPS) is 10.5. The van der Waals surface area contributed by atoms with Gasteiger partial charge in [-0.25, -0.2) is 0 Å². The van der Waals surface area contributed by atoms with Gasteiger partial charge in [-0.15, -0.1) is 0 Å². The third kappa shape index (κ3) is 11.6. The predicted octanol–water partition coefficient (Wildman–Crippen LogP) is 5.46. The molecule has 0 saturated heterocycles. The molecule has 0 atom stereocenters. The Labute approximate surface area is 155 Å². The molecule has 0 aliphatic heterocycles. The topological polar surface area (TPSA) is 52.6 Å². The van der Waals surface area contributed by atoms with Crippen molar-refractivity contribution in [2.75, 3.05) is 6.61 Å². The first-order valence-corrected chi connectivity index (χ1v) is 9.55. The molecule has 0 unspecified atom stereocenters. The van der Waals surface area contributed by atoms with Gasteiger partial charge >= 0.3 is 11.9 Å². The van der Waals surface area contributed by atoms with E-state index in [-0.39, 0.29) is 31.4 Å². The summed E-state index contributed by atoms with van der Waals surface area (Å²) >= 11 is 5.79. The number of hydrogen-bond donors (Lipinski definition) is 0. The molecule has 0 N–H and O–H groups in total. The maximum Gasteiger partial charge on any atom is 0.306 e. The third-order valence-electron chi connectivity index (χ3n) is 3.84. The number of benzene rings is 1. The lowest BCUT2D eigenvalue weighted by atomic mass is 10.1. The summed E-state index contributed by atoms with van der Waals surface area (Å²) in [5.41, 5.74) is 0.885. The molecule has 4 nitrogen and oxygen atoms in total. The summed E-state index contributed by atoms with van der Waals surface area (Å²) in [6.45, 7) is 2.89. The largest absolute Gasteiger partial charge is 0.466 e. The highest BCUT2D eigenvalue weighted by Gasteiger charge is 2.07. The van der Waals surface area contributed by atoms with E-state index in [1.165, 1.54) is 25.7 Å². The van der Waals surface area contributed by atoms with Crippen molar-refractivity contribution in [3.8, 4) is 0 Å². The van der Waals surface area contributed by atoms with Crippen molar-refractivity contribution in [2.24, 2.45) is 0 Å². The minimum absolute atomic E-state index is 0.221. The van der Waals surface area contributed by atoms with E-state index in [1.54, 1.807) is 12.1 Å². The summed E-state index contributed by atoms with van der Waals surface area (Å²) < 4.78 is 10.3. The molecule has 1 aromatic rings. The highest BCUT2D eigenvalue weighted by atomic mass is 35.5. The molecule has 25 heavy (non-hydrogen) atoms. The molecule has 0 fully saturated rings. The Morgan fingerprint density at radius 2 is 1.44 bits per heavy atom. The van der Waals surface area contributed by atoms with Crippen molar-refractivity contribution in [3.05, 3.63) is 34.9 Å². The van der Waals surface area contributed by atoms with E-state index in [1.807, 2.05) is 12.1 Å². The third-order valence-corrected chi connectivity index (χ3v) is 4.09. The number of ether oxygens (including phenoxy) is 2. The van der Waals surface area contributed by atoms with Crippen LogP contribution in [0.3, 0.4) is 0 Å². The number of halogens is 1. The predicted molar refractivity (Wildman–Crippen MR) is 99.4 cm³/mol. The molecule has 0 saturated carbocycles. The van der Waals surface area contributed by atoms with Crippen LogP contribution in [-0.4, -0.2) is 18.5 Å². The number of rotatable bonds is 13. The Kier molecular flexibility index (Phi) is 11.8. The first-order chi connectivity index (χ1) is 12.1. The SMILES string of the molecule is CCCCCCCCOC(=O)CCCC(=O)OCc1ccc(Cl)cc1. The maximum atomic E-state index is 11.6. The fourth-order valence-electron chi connectivity index (χ4n) is 2.33. The van der Waals surface area contributed by atoms with Gasteiger partial charge in [-0.05, 0) is 30.5 Å². The summed E-state index contributed by atoms with van der Waals surface area (Å²) in [4.78, 5) is 23.2. The lowest BCUT2D eigenvalue weighted by molar-refractivity contribution is -0.146. The minimum Gasteiger partial charge on any atom is -0.466 e. The van der Waals surface area contributed by atoms with E-state index in [2.05, 4.69) is 6.92 Å². The van der Waals surface area contributed by atoms with Gasteiger partial charge in [-0.2, -0.15) is 0 Å². The van der Waals surface area contributed by atoms with Crippen LogP contribution in [0.4, 0.5) is 0 Å². The van der Waals surface area contributed by atoms with Gasteiger partial charge in [0.1, 0.15) is 6.61 Å². The fourth-order valence-corrected chi connectivity index (χ4v) is 2.46. The number of carbonyl (C=O) groups is 2. The van der Waals surface area contributed by atoms with E-state index in [9.17, 15) is 9.59 Å². The van der Waals surface area contributed by atoms with Crippen LogP contribution in [0, 0.1) is 0 Å². The van der Waals surface area contributed by atoms with Crippen LogP contribution in [0.1, 0.15) is 70.3 Å². The first kappa shape index (κ1) is 21.5. The van der Waals surface area contributed by atoms with Crippen molar-refractivity contribution in [1.82, 2.24) is 0 Å². The molecule has 5 heteroatoms. The monoisotopic (exact) mass is 368 g/mol. The van der Waals surface area contributed by atoms with E-state index >= 15 is 0 Å². The Hall–Kier alpha value is -1.55. The molecule has 0 radical (unpaired) electrons. The van der Waals surface area contributed by atoms with E-state index in [0.29, 0.717) is 18.1 Å². The summed E-state index contributed by atoms with van der Waals surface area (Å²) in [6, 6.07) is 7.14. The van der Waals surface area contributed by atoms with Crippen molar-refractivity contribution in [1.29, 1.82) is 0 Å². The molecule has 0 bridgehead atoms. The van der Waals surface area contributed by atoms with Gasteiger partial charge in [-0.1, -0.05) is 62.8 Å².